The van der Waals surface area contributed by atoms with Crippen LogP contribution in [0, 0.1) is 20.8 Å². The van der Waals surface area contributed by atoms with E-state index < -0.39 is 6.04 Å². The number of nitrogens with zero attached hydrogens (tertiary/aromatic N) is 3. The third kappa shape index (κ3) is 4.81. The van der Waals surface area contributed by atoms with Gasteiger partial charge in [-0.3, -0.25) is 14.5 Å². The molecule has 1 aromatic carbocycles. The molecule has 1 aliphatic rings. The number of rotatable bonds is 7. The van der Waals surface area contributed by atoms with Crippen LogP contribution in [-0.4, -0.2) is 64.9 Å². The molecule has 2 N–H and O–H groups in total. The fourth-order valence-corrected chi connectivity index (χ4v) is 3.82. The predicted molar refractivity (Wildman–Crippen MR) is 114 cm³/mol. The highest BCUT2D eigenvalue weighted by atomic mass is 16.5. The third-order valence-electron chi connectivity index (χ3n) is 5.82. The molecule has 0 radical (unpaired) electrons. The van der Waals surface area contributed by atoms with Gasteiger partial charge in [-0.2, -0.15) is 0 Å². The average molecular weight is 414 g/mol. The maximum Gasteiger partial charge on any atom is 0.237 e. The number of carbonyl (C=O) groups is 2. The standard InChI is InChI=1S/C22H31N5O3/c1-14-11-24-20(25-14)13-26(4)21(28)10-18-22(29)23-8-9-27(18)12-17-6-7-19(30-5)16(3)15(17)2/h6-7,11,18H,8-10,12-13H2,1-5H3,(H,23,29)(H,24,25)/t18-/m1/s1. The van der Waals surface area contributed by atoms with Gasteiger partial charge in [0.15, 0.2) is 0 Å². The first-order valence-electron chi connectivity index (χ1n) is 10.2. The van der Waals surface area contributed by atoms with Crippen molar-refractivity contribution in [1.29, 1.82) is 0 Å². The quantitative estimate of drug-likeness (QED) is 0.721. The fourth-order valence-electron chi connectivity index (χ4n) is 3.82. The summed E-state index contributed by atoms with van der Waals surface area (Å²) in [6.45, 7) is 8.31. The molecule has 1 aromatic heterocycles. The van der Waals surface area contributed by atoms with Crippen molar-refractivity contribution >= 4 is 11.8 Å². The van der Waals surface area contributed by atoms with Crippen molar-refractivity contribution in [2.45, 2.75) is 46.3 Å². The van der Waals surface area contributed by atoms with E-state index in [2.05, 4.69) is 27.1 Å². The Bertz CT molecular complexity index is 923. The summed E-state index contributed by atoms with van der Waals surface area (Å²) in [6.07, 6.45) is 1.87. The second kappa shape index (κ2) is 9.30. The zero-order chi connectivity index (χ0) is 21.8. The van der Waals surface area contributed by atoms with E-state index in [0.717, 1.165) is 34.0 Å². The van der Waals surface area contributed by atoms with Gasteiger partial charge >= 0.3 is 0 Å². The summed E-state index contributed by atoms with van der Waals surface area (Å²) >= 11 is 0. The highest BCUT2D eigenvalue weighted by Crippen LogP contribution is 2.26. The molecular weight excluding hydrogens is 382 g/mol. The molecule has 162 valence electrons. The van der Waals surface area contributed by atoms with Crippen LogP contribution in [0.1, 0.15) is 34.6 Å². The van der Waals surface area contributed by atoms with Crippen LogP contribution >= 0.6 is 0 Å². The van der Waals surface area contributed by atoms with Crippen LogP contribution in [0.25, 0.3) is 0 Å². The molecule has 0 unspecified atom stereocenters. The molecule has 2 aromatic rings. The normalized spacial score (nSPS) is 17.0. The molecule has 8 nitrogen and oxygen atoms in total. The van der Waals surface area contributed by atoms with Gasteiger partial charge in [0, 0.05) is 38.6 Å². The van der Waals surface area contributed by atoms with Gasteiger partial charge in [0.25, 0.3) is 0 Å². The summed E-state index contributed by atoms with van der Waals surface area (Å²) in [4.78, 5) is 36.5. The first-order chi connectivity index (χ1) is 14.3. The van der Waals surface area contributed by atoms with Crippen molar-refractivity contribution in [2.24, 2.45) is 0 Å². The van der Waals surface area contributed by atoms with Crippen LogP contribution in [-0.2, 0) is 22.7 Å². The number of aromatic nitrogens is 2. The SMILES string of the molecule is COc1ccc(CN2CCNC(=O)[C@H]2CC(=O)N(C)Cc2ncc(C)[nH]2)c(C)c1C. The Balaban J connectivity index is 1.71. The van der Waals surface area contributed by atoms with E-state index in [4.69, 9.17) is 4.74 Å². The largest absolute Gasteiger partial charge is 0.496 e. The molecular formula is C22H31N5O3. The fraction of sp³-hybridized carbons (Fsp3) is 0.500. The summed E-state index contributed by atoms with van der Waals surface area (Å²) in [5.74, 6) is 1.41. The summed E-state index contributed by atoms with van der Waals surface area (Å²) in [5.41, 5.74) is 4.34. The summed E-state index contributed by atoms with van der Waals surface area (Å²) in [6, 6.07) is 3.51. The van der Waals surface area contributed by atoms with Crippen molar-refractivity contribution < 1.29 is 14.3 Å². The monoisotopic (exact) mass is 413 g/mol. The van der Waals surface area contributed by atoms with Crippen LogP contribution in [0.2, 0.25) is 0 Å². The minimum atomic E-state index is -0.492. The van der Waals surface area contributed by atoms with Crippen LogP contribution < -0.4 is 10.1 Å². The van der Waals surface area contributed by atoms with Gasteiger partial charge in [-0.15, -0.1) is 0 Å². The lowest BCUT2D eigenvalue weighted by Crippen LogP contribution is -2.56. The Hall–Kier alpha value is -2.87. The molecule has 2 amide bonds. The third-order valence-corrected chi connectivity index (χ3v) is 5.82. The molecule has 0 saturated carbocycles. The average Bonchev–Trinajstić information content (AvgIpc) is 3.12. The molecule has 8 heteroatoms. The van der Waals surface area contributed by atoms with E-state index >= 15 is 0 Å². The smallest absolute Gasteiger partial charge is 0.237 e. The molecule has 1 saturated heterocycles. The molecule has 1 fully saturated rings. The van der Waals surface area contributed by atoms with Crippen LogP contribution in [0.4, 0.5) is 0 Å². The van der Waals surface area contributed by atoms with Crippen molar-refractivity contribution in [3.8, 4) is 5.75 Å². The Kier molecular flexibility index (Phi) is 6.77. The summed E-state index contributed by atoms with van der Waals surface area (Å²) in [7, 11) is 3.40. The van der Waals surface area contributed by atoms with Gasteiger partial charge in [0.2, 0.25) is 11.8 Å². The number of hydrogen-bond donors (Lipinski definition) is 2. The number of ether oxygens (including phenoxy) is 1. The molecule has 1 aliphatic heterocycles. The molecule has 3 rings (SSSR count). The van der Waals surface area contributed by atoms with E-state index in [1.165, 1.54) is 0 Å². The number of hydrogen-bond acceptors (Lipinski definition) is 5. The van der Waals surface area contributed by atoms with Crippen molar-refractivity contribution in [3.05, 3.63) is 46.5 Å². The van der Waals surface area contributed by atoms with E-state index in [9.17, 15) is 9.59 Å². The second-order valence-corrected chi connectivity index (χ2v) is 7.92. The molecule has 0 spiro atoms. The Morgan fingerprint density at radius 3 is 2.73 bits per heavy atom. The number of amides is 2. The first-order valence-corrected chi connectivity index (χ1v) is 10.2. The Labute approximate surface area is 177 Å². The highest BCUT2D eigenvalue weighted by molar-refractivity contribution is 5.88. The highest BCUT2D eigenvalue weighted by Gasteiger charge is 2.33. The van der Waals surface area contributed by atoms with Gasteiger partial charge in [-0.25, -0.2) is 4.98 Å². The van der Waals surface area contributed by atoms with Crippen LogP contribution in [0.3, 0.4) is 0 Å². The molecule has 0 aliphatic carbocycles. The van der Waals surface area contributed by atoms with Crippen LogP contribution in [0.15, 0.2) is 18.3 Å². The van der Waals surface area contributed by atoms with E-state index in [1.54, 1.807) is 25.3 Å². The number of benzene rings is 1. The summed E-state index contributed by atoms with van der Waals surface area (Å²) < 4.78 is 5.40. The van der Waals surface area contributed by atoms with Crippen molar-refractivity contribution in [1.82, 2.24) is 25.1 Å². The zero-order valence-electron chi connectivity index (χ0n) is 18.4. The molecule has 0 bridgehead atoms. The minimum Gasteiger partial charge on any atom is -0.496 e. The van der Waals surface area contributed by atoms with Gasteiger partial charge in [0.05, 0.1) is 26.1 Å². The van der Waals surface area contributed by atoms with Gasteiger partial charge in [-0.05, 0) is 43.5 Å². The minimum absolute atomic E-state index is 0.0845. The lowest BCUT2D eigenvalue weighted by atomic mass is 10.00. The number of nitrogens with one attached hydrogen (secondary N) is 2. The van der Waals surface area contributed by atoms with Crippen LogP contribution in [0.5, 0.6) is 5.75 Å². The van der Waals surface area contributed by atoms with E-state index in [1.807, 2.05) is 26.0 Å². The molecule has 30 heavy (non-hydrogen) atoms. The number of aryl methyl sites for hydroxylation is 1. The number of H-pyrrole nitrogens is 1. The van der Waals surface area contributed by atoms with Gasteiger partial charge < -0.3 is 19.9 Å². The molecule has 2 heterocycles. The lowest BCUT2D eigenvalue weighted by Gasteiger charge is -2.35. The van der Waals surface area contributed by atoms with Gasteiger partial charge in [-0.1, -0.05) is 6.07 Å². The summed E-state index contributed by atoms with van der Waals surface area (Å²) in [5, 5.41) is 2.90. The number of piperazine rings is 1. The van der Waals surface area contributed by atoms with Gasteiger partial charge in [0.1, 0.15) is 11.6 Å². The number of aromatic amines is 1. The maximum absolute atomic E-state index is 12.8. The number of imidazole rings is 1. The Morgan fingerprint density at radius 2 is 2.07 bits per heavy atom. The first kappa shape index (κ1) is 21.8. The predicted octanol–water partition coefficient (Wildman–Crippen LogP) is 1.69. The molecule has 1 atom stereocenters. The zero-order valence-corrected chi connectivity index (χ0v) is 18.4. The second-order valence-electron chi connectivity index (χ2n) is 7.92. The topological polar surface area (TPSA) is 90.6 Å². The van der Waals surface area contributed by atoms with Crippen molar-refractivity contribution in [3.63, 3.8) is 0 Å². The lowest BCUT2D eigenvalue weighted by molar-refractivity contribution is -0.138. The van der Waals surface area contributed by atoms with E-state index in [-0.39, 0.29) is 18.2 Å². The van der Waals surface area contributed by atoms with E-state index in [0.29, 0.717) is 26.2 Å². The number of methoxy groups -OCH3 is 1. The van der Waals surface area contributed by atoms with Crippen molar-refractivity contribution in [2.75, 3.05) is 27.2 Å². The number of carbonyl (C=O) groups excluding carboxylic acids is 2. The maximum atomic E-state index is 12.8. The Morgan fingerprint density at radius 1 is 1.30 bits per heavy atom.